The Bertz CT molecular complexity index is 516. The number of halogens is 1. The number of benzene rings is 1. The molecular weight excluding hydrogens is 308 g/mol. The van der Waals surface area contributed by atoms with Crippen molar-refractivity contribution in [3.63, 3.8) is 0 Å². The lowest BCUT2D eigenvalue weighted by molar-refractivity contribution is -0.131. The van der Waals surface area contributed by atoms with Gasteiger partial charge in [-0.25, -0.2) is 0 Å². The highest BCUT2D eigenvalue weighted by Crippen LogP contribution is 2.27. The Morgan fingerprint density at radius 3 is 2.74 bits per heavy atom. The lowest BCUT2D eigenvalue weighted by Crippen LogP contribution is -2.58. The van der Waals surface area contributed by atoms with Crippen LogP contribution in [0, 0.1) is 0 Å². The largest absolute Gasteiger partial charge is 0.343 e. The minimum absolute atomic E-state index is 0.0286. The molecule has 1 unspecified atom stereocenters. The van der Waals surface area contributed by atoms with Gasteiger partial charge in [0.05, 0.1) is 0 Å². The van der Waals surface area contributed by atoms with Crippen LogP contribution in [0.1, 0.15) is 25.8 Å². The lowest BCUT2D eigenvalue weighted by Gasteiger charge is -2.33. The Morgan fingerprint density at radius 2 is 2.11 bits per heavy atom. The molecule has 4 nitrogen and oxygen atoms in total. The number of carbonyl (C=O) groups is 2. The fraction of sp³-hybridized carbons (Fsp3) is 0.429. The molecule has 5 heteroatoms. The van der Waals surface area contributed by atoms with Gasteiger partial charge in [-0.05, 0) is 36.6 Å². The Labute approximate surface area is 121 Å². The number of rotatable bonds is 3. The molecule has 1 aliphatic rings. The maximum atomic E-state index is 12.4. The number of hydrogen-bond donors (Lipinski definition) is 1. The van der Waals surface area contributed by atoms with Gasteiger partial charge >= 0.3 is 0 Å². The molecule has 0 bridgehead atoms. The van der Waals surface area contributed by atoms with E-state index < -0.39 is 6.04 Å². The molecule has 2 rings (SSSR count). The second-order valence-electron chi connectivity index (χ2n) is 4.58. The van der Waals surface area contributed by atoms with Crippen LogP contribution in [0.2, 0.25) is 0 Å². The molecule has 0 aromatic heterocycles. The number of nitrogens with zero attached hydrogens (tertiary/aromatic N) is 1. The van der Waals surface area contributed by atoms with Crippen LogP contribution in [0.3, 0.4) is 0 Å². The molecule has 1 N–H and O–H groups in total. The Kier molecular flexibility index (Phi) is 4.24. The number of anilines is 1. The minimum atomic E-state index is -0.408. The van der Waals surface area contributed by atoms with Crippen molar-refractivity contribution < 1.29 is 9.59 Å². The van der Waals surface area contributed by atoms with E-state index in [1.165, 1.54) is 0 Å². The summed E-state index contributed by atoms with van der Waals surface area (Å²) in [5.41, 5.74) is 1.90. The molecule has 1 atom stereocenters. The number of amides is 2. The standard InChI is InChI=1S/C14H17BrN2O2/c1-3-9-7-10(15)5-6-12(9)17-8-13(18)16-11(4-2)14(17)19/h5-7,11H,3-4,8H2,1-2H3,(H,16,18). The van der Waals surface area contributed by atoms with Gasteiger partial charge in [0.25, 0.3) is 0 Å². The van der Waals surface area contributed by atoms with Crippen LogP contribution < -0.4 is 10.2 Å². The third-order valence-electron chi connectivity index (χ3n) is 3.32. The molecule has 2 amide bonds. The van der Waals surface area contributed by atoms with Gasteiger partial charge in [0.2, 0.25) is 11.8 Å². The molecule has 0 aliphatic carbocycles. The van der Waals surface area contributed by atoms with Crippen molar-refractivity contribution >= 4 is 33.4 Å². The van der Waals surface area contributed by atoms with Crippen molar-refractivity contribution in [3.05, 3.63) is 28.2 Å². The van der Waals surface area contributed by atoms with Gasteiger partial charge in [0.15, 0.2) is 0 Å². The summed E-state index contributed by atoms with van der Waals surface area (Å²) in [4.78, 5) is 25.7. The van der Waals surface area contributed by atoms with E-state index >= 15 is 0 Å². The van der Waals surface area contributed by atoms with Gasteiger partial charge in [-0.3, -0.25) is 9.59 Å². The van der Waals surface area contributed by atoms with Crippen LogP contribution in [0.5, 0.6) is 0 Å². The average Bonchev–Trinajstić information content (AvgIpc) is 2.41. The van der Waals surface area contributed by atoms with Gasteiger partial charge in [0, 0.05) is 10.2 Å². The molecule has 19 heavy (non-hydrogen) atoms. The number of piperazine rings is 1. The molecule has 0 saturated carbocycles. The summed E-state index contributed by atoms with van der Waals surface area (Å²) in [5.74, 6) is -0.129. The van der Waals surface area contributed by atoms with Crippen LogP contribution in [-0.2, 0) is 16.0 Å². The molecule has 1 aliphatic heterocycles. The van der Waals surface area contributed by atoms with Crippen molar-refractivity contribution in [3.8, 4) is 0 Å². The smallest absolute Gasteiger partial charge is 0.250 e. The first-order valence-corrected chi connectivity index (χ1v) is 7.25. The van der Waals surface area contributed by atoms with Gasteiger partial charge in [-0.15, -0.1) is 0 Å². The third kappa shape index (κ3) is 2.81. The Morgan fingerprint density at radius 1 is 1.37 bits per heavy atom. The van der Waals surface area contributed by atoms with E-state index in [-0.39, 0.29) is 18.4 Å². The molecule has 102 valence electrons. The van der Waals surface area contributed by atoms with Crippen molar-refractivity contribution in [2.45, 2.75) is 32.7 Å². The van der Waals surface area contributed by atoms with Crippen molar-refractivity contribution in [1.29, 1.82) is 0 Å². The van der Waals surface area contributed by atoms with E-state index in [4.69, 9.17) is 0 Å². The molecule has 1 saturated heterocycles. The molecule has 1 aromatic carbocycles. The molecule has 1 aromatic rings. The fourth-order valence-corrected chi connectivity index (χ4v) is 2.70. The predicted molar refractivity (Wildman–Crippen MR) is 78.1 cm³/mol. The summed E-state index contributed by atoms with van der Waals surface area (Å²) < 4.78 is 0.981. The second-order valence-corrected chi connectivity index (χ2v) is 5.49. The number of nitrogens with one attached hydrogen (secondary N) is 1. The molecule has 1 heterocycles. The van der Waals surface area contributed by atoms with E-state index in [0.717, 1.165) is 22.1 Å². The van der Waals surface area contributed by atoms with E-state index in [9.17, 15) is 9.59 Å². The first-order chi connectivity index (χ1) is 9.06. The highest BCUT2D eigenvalue weighted by molar-refractivity contribution is 9.10. The monoisotopic (exact) mass is 324 g/mol. The minimum Gasteiger partial charge on any atom is -0.343 e. The van der Waals surface area contributed by atoms with E-state index in [0.29, 0.717) is 6.42 Å². The van der Waals surface area contributed by atoms with Crippen LogP contribution in [0.25, 0.3) is 0 Å². The van der Waals surface area contributed by atoms with Crippen molar-refractivity contribution in [2.24, 2.45) is 0 Å². The van der Waals surface area contributed by atoms with E-state index in [1.807, 2.05) is 32.0 Å². The summed E-state index contributed by atoms with van der Waals surface area (Å²) in [7, 11) is 0. The SMILES string of the molecule is CCc1cc(Br)ccc1N1CC(=O)NC(CC)C1=O. The number of hydrogen-bond acceptors (Lipinski definition) is 2. The van der Waals surface area contributed by atoms with Crippen LogP contribution in [0.15, 0.2) is 22.7 Å². The van der Waals surface area contributed by atoms with Gasteiger partial charge < -0.3 is 10.2 Å². The summed E-state index contributed by atoms with van der Waals surface area (Å²) in [6, 6.07) is 5.38. The highest BCUT2D eigenvalue weighted by atomic mass is 79.9. The lowest BCUT2D eigenvalue weighted by atomic mass is 10.1. The maximum Gasteiger partial charge on any atom is 0.250 e. The molecule has 0 spiro atoms. The van der Waals surface area contributed by atoms with Gasteiger partial charge in [-0.1, -0.05) is 29.8 Å². The van der Waals surface area contributed by atoms with Crippen molar-refractivity contribution in [1.82, 2.24) is 5.32 Å². The van der Waals surface area contributed by atoms with Crippen molar-refractivity contribution in [2.75, 3.05) is 11.4 Å². The Balaban J connectivity index is 2.39. The second kappa shape index (κ2) is 5.74. The van der Waals surface area contributed by atoms with Crippen LogP contribution >= 0.6 is 15.9 Å². The molecular formula is C14H17BrN2O2. The van der Waals surface area contributed by atoms with Crippen LogP contribution in [0.4, 0.5) is 5.69 Å². The van der Waals surface area contributed by atoms with Gasteiger partial charge in [-0.2, -0.15) is 0 Å². The quantitative estimate of drug-likeness (QED) is 0.927. The van der Waals surface area contributed by atoms with E-state index in [2.05, 4.69) is 21.2 Å². The maximum absolute atomic E-state index is 12.4. The third-order valence-corrected chi connectivity index (χ3v) is 3.82. The predicted octanol–water partition coefficient (Wildman–Crippen LogP) is 2.25. The first-order valence-electron chi connectivity index (χ1n) is 6.46. The van der Waals surface area contributed by atoms with Crippen LogP contribution in [-0.4, -0.2) is 24.4 Å². The highest BCUT2D eigenvalue weighted by Gasteiger charge is 2.33. The zero-order chi connectivity index (χ0) is 14.0. The molecule has 1 fully saturated rings. The van der Waals surface area contributed by atoms with E-state index in [1.54, 1.807) is 4.90 Å². The fourth-order valence-electron chi connectivity index (χ4n) is 2.29. The average molecular weight is 325 g/mol. The summed E-state index contributed by atoms with van der Waals surface area (Å²) in [6.45, 7) is 4.04. The first kappa shape index (κ1) is 14.1. The number of aryl methyl sites for hydroxylation is 1. The normalized spacial score (nSPS) is 19.5. The summed E-state index contributed by atoms with van der Waals surface area (Å²) in [5, 5.41) is 2.72. The summed E-state index contributed by atoms with van der Waals surface area (Å²) >= 11 is 3.43. The zero-order valence-corrected chi connectivity index (χ0v) is 12.7. The molecule has 0 radical (unpaired) electrons. The Hall–Kier alpha value is -1.36. The topological polar surface area (TPSA) is 49.4 Å². The van der Waals surface area contributed by atoms with Gasteiger partial charge in [0.1, 0.15) is 12.6 Å². The summed E-state index contributed by atoms with van der Waals surface area (Å²) in [6.07, 6.45) is 1.43. The zero-order valence-electron chi connectivity index (χ0n) is 11.1. The number of carbonyl (C=O) groups excluding carboxylic acids is 2.